The summed E-state index contributed by atoms with van der Waals surface area (Å²) in [5, 5.41) is 10.7. The number of carbonyl (C=O) groups is 1. The molecular formula is C25H22ClF3O2. The van der Waals surface area contributed by atoms with Crippen molar-refractivity contribution in [2.24, 2.45) is 23.7 Å². The first-order chi connectivity index (χ1) is 14.7. The summed E-state index contributed by atoms with van der Waals surface area (Å²) in [6.45, 7) is 1.96. The van der Waals surface area contributed by atoms with Crippen LogP contribution in [0.1, 0.15) is 42.9 Å². The van der Waals surface area contributed by atoms with E-state index < -0.39 is 11.7 Å². The minimum Gasteiger partial charge on any atom is -0.511 e. The van der Waals surface area contributed by atoms with Crippen molar-refractivity contribution >= 4 is 23.0 Å². The third kappa shape index (κ3) is 3.12. The lowest BCUT2D eigenvalue weighted by molar-refractivity contribution is -0.137. The van der Waals surface area contributed by atoms with Gasteiger partial charge in [-0.1, -0.05) is 36.7 Å². The summed E-state index contributed by atoms with van der Waals surface area (Å²) in [5.41, 5.74) is 1.94. The number of allylic oxidation sites excluding steroid dienone is 2. The van der Waals surface area contributed by atoms with Crippen molar-refractivity contribution in [1.82, 2.24) is 0 Å². The highest BCUT2D eigenvalue weighted by Crippen LogP contribution is 2.60. The molecule has 3 aliphatic rings. The van der Waals surface area contributed by atoms with Crippen LogP contribution in [0.4, 0.5) is 13.2 Å². The Morgan fingerprint density at radius 3 is 2.32 bits per heavy atom. The highest BCUT2D eigenvalue weighted by atomic mass is 35.5. The van der Waals surface area contributed by atoms with Gasteiger partial charge in [-0.25, -0.2) is 0 Å². The van der Waals surface area contributed by atoms with Gasteiger partial charge in [-0.05, 0) is 78.0 Å². The SMILES string of the molecule is CCc1ccc(-c2ccc(Cl)c(C(F)(F)F)c2)cc1C1=C(O)[C@H]2[C@H]3CC[C@H](C3)[C@H]2C1=O. The first-order valence-electron chi connectivity index (χ1n) is 10.7. The molecule has 2 bridgehead atoms. The Labute approximate surface area is 183 Å². The molecule has 2 saturated carbocycles. The number of ketones is 1. The highest BCUT2D eigenvalue weighted by molar-refractivity contribution is 6.31. The quantitative estimate of drug-likeness (QED) is 0.545. The number of halogens is 4. The van der Waals surface area contributed by atoms with Crippen molar-refractivity contribution in [2.45, 2.75) is 38.8 Å². The molecule has 4 atom stereocenters. The van der Waals surface area contributed by atoms with Crippen molar-refractivity contribution < 1.29 is 23.1 Å². The van der Waals surface area contributed by atoms with Gasteiger partial charge >= 0.3 is 6.18 Å². The fourth-order valence-corrected chi connectivity index (χ4v) is 6.24. The van der Waals surface area contributed by atoms with Crippen LogP contribution in [0.5, 0.6) is 0 Å². The predicted octanol–water partition coefficient (Wildman–Crippen LogP) is 7.10. The number of carbonyl (C=O) groups excluding carboxylic acids is 1. The van der Waals surface area contributed by atoms with E-state index in [-0.39, 0.29) is 28.4 Å². The first-order valence-corrected chi connectivity index (χ1v) is 11.1. The average molecular weight is 447 g/mol. The molecule has 2 nitrogen and oxygen atoms in total. The lowest BCUT2D eigenvalue weighted by Gasteiger charge is -2.23. The van der Waals surface area contributed by atoms with Crippen molar-refractivity contribution in [3.8, 4) is 11.1 Å². The zero-order chi connectivity index (χ0) is 22.1. The standard InChI is InChI=1S/C25H22ClF3O2/c1-2-12-3-4-13(14-7-8-19(26)18(11-14)25(27,28)29)10-17(12)22-23(30)20-15-5-6-16(9-15)21(20)24(22)31/h3-4,7-8,10-11,15-16,20-21,30H,2,5-6,9H2,1H3/t15-,16+,20-,21+/m0/s1. The van der Waals surface area contributed by atoms with Gasteiger partial charge in [0.2, 0.25) is 0 Å². The summed E-state index contributed by atoms with van der Waals surface area (Å²) in [4.78, 5) is 13.3. The molecular weight excluding hydrogens is 425 g/mol. The van der Waals surface area contributed by atoms with Crippen LogP contribution in [0.2, 0.25) is 5.02 Å². The first kappa shape index (κ1) is 20.6. The van der Waals surface area contributed by atoms with Crippen molar-refractivity contribution in [1.29, 1.82) is 0 Å². The van der Waals surface area contributed by atoms with Crippen LogP contribution < -0.4 is 0 Å². The molecule has 0 radical (unpaired) electrons. The molecule has 0 spiro atoms. The fraction of sp³-hybridized carbons (Fsp3) is 0.400. The molecule has 0 heterocycles. The lowest BCUT2D eigenvalue weighted by Crippen LogP contribution is -2.24. The summed E-state index contributed by atoms with van der Waals surface area (Å²) in [5.74, 6) is 0.627. The maximum absolute atomic E-state index is 13.3. The van der Waals surface area contributed by atoms with Gasteiger partial charge in [-0.2, -0.15) is 13.2 Å². The number of aryl methyl sites for hydroxylation is 1. The Balaban J connectivity index is 1.62. The molecule has 31 heavy (non-hydrogen) atoms. The van der Waals surface area contributed by atoms with Crippen LogP contribution in [0.15, 0.2) is 42.2 Å². The maximum Gasteiger partial charge on any atom is 0.417 e. The number of rotatable bonds is 3. The van der Waals surface area contributed by atoms with Gasteiger partial charge in [0.15, 0.2) is 5.78 Å². The molecule has 0 saturated heterocycles. The van der Waals surface area contributed by atoms with E-state index >= 15 is 0 Å². The number of benzene rings is 2. The molecule has 2 aromatic carbocycles. The summed E-state index contributed by atoms with van der Waals surface area (Å²) in [7, 11) is 0. The fourth-order valence-electron chi connectivity index (χ4n) is 6.01. The van der Waals surface area contributed by atoms with Crippen LogP contribution in [0.25, 0.3) is 16.7 Å². The lowest BCUT2D eigenvalue weighted by atomic mass is 9.80. The smallest absolute Gasteiger partial charge is 0.417 e. The van der Waals surface area contributed by atoms with Gasteiger partial charge in [-0.3, -0.25) is 4.79 Å². The normalized spacial score (nSPS) is 27.3. The molecule has 0 aliphatic heterocycles. The van der Waals surface area contributed by atoms with Crippen molar-refractivity contribution in [3.63, 3.8) is 0 Å². The summed E-state index contributed by atoms with van der Waals surface area (Å²) in [6.07, 6.45) is -0.829. The zero-order valence-electron chi connectivity index (χ0n) is 17.0. The summed E-state index contributed by atoms with van der Waals surface area (Å²) >= 11 is 5.77. The molecule has 0 aromatic heterocycles. The predicted molar refractivity (Wildman–Crippen MR) is 114 cm³/mol. The third-order valence-electron chi connectivity index (χ3n) is 7.40. The Morgan fingerprint density at radius 1 is 1.03 bits per heavy atom. The Kier molecular flexibility index (Phi) is 4.74. The maximum atomic E-state index is 13.3. The largest absolute Gasteiger partial charge is 0.511 e. The summed E-state index contributed by atoms with van der Waals surface area (Å²) < 4.78 is 40.0. The van der Waals surface area contributed by atoms with Gasteiger partial charge < -0.3 is 5.11 Å². The molecule has 0 amide bonds. The van der Waals surface area contributed by atoms with Gasteiger partial charge in [0, 0.05) is 11.8 Å². The topological polar surface area (TPSA) is 37.3 Å². The number of alkyl halides is 3. The number of hydrogen-bond acceptors (Lipinski definition) is 2. The van der Waals surface area contributed by atoms with E-state index in [2.05, 4.69) is 0 Å². The van der Waals surface area contributed by atoms with Gasteiger partial charge in [0.05, 0.1) is 16.2 Å². The third-order valence-corrected chi connectivity index (χ3v) is 7.73. The second-order valence-electron chi connectivity index (χ2n) is 8.93. The van der Waals surface area contributed by atoms with Crippen LogP contribution in [0, 0.1) is 23.7 Å². The Bertz CT molecular complexity index is 1120. The van der Waals surface area contributed by atoms with Gasteiger partial charge in [0.25, 0.3) is 0 Å². The Morgan fingerprint density at radius 2 is 1.68 bits per heavy atom. The molecule has 0 unspecified atom stereocenters. The number of Topliss-reactive ketones (excluding diaryl/α,β-unsaturated/α-hetero) is 1. The van der Waals surface area contributed by atoms with Crippen LogP contribution in [0.3, 0.4) is 0 Å². The second-order valence-corrected chi connectivity index (χ2v) is 9.33. The molecule has 162 valence electrons. The number of hydrogen-bond donors (Lipinski definition) is 1. The van der Waals surface area contributed by atoms with E-state index in [1.54, 1.807) is 18.2 Å². The zero-order valence-corrected chi connectivity index (χ0v) is 17.7. The minimum atomic E-state index is -4.56. The second kappa shape index (κ2) is 7.13. The van der Waals surface area contributed by atoms with E-state index in [1.807, 2.05) is 13.0 Å². The molecule has 3 aliphatic carbocycles. The van der Waals surface area contributed by atoms with Crippen LogP contribution in [-0.4, -0.2) is 10.9 Å². The molecule has 1 N–H and O–H groups in total. The van der Waals surface area contributed by atoms with E-state index in [1.165, 1.54) is 6.07 Å². The van der Waals surface area contributed by atoms with Crippen LogP contribution >= 0.6 is 11.6 Å². The van der Waals surface area contributed by atoms with Crippen molar-refractivity contribution in [2.75, 3.05) is 0 Å². The summed E-state index contributed by atoms with van der Waals surface area (Å²) in [6, 6.07) is 9.16. The molecule has 2 aromatic rings. The molecule has 2 fully saturated rings. The average Bonchev–Trinajstić information content (AvgIpc) is 3.41. The van der Waals surface area contributed by atoms with Gasteiger partial charge in [0.1, 0.15) is 5.76 Å². The van der Waals surface area contributed by atoms with E-state index in [9.17, 15) is 23.1 Å². The number of aliphatic hydroxyl groups excluding tert-OH is 1. The van der Waals surface area contributed by atoms with E-state index in [4.69, 9.17) is 11.6 Å². The minimum absolute atomic E-state index is 0.00589. The van der Waals surface area contributed by atoms with Gasteiger partial charge in [-0.15, -0.1) is 0 Å². The number of fused-ring (bicyclic) bond motifs is 5. The highest BCUT2D eigenvalue weighted by Gasteiger charge is 2.57. The van der Waals surface area contributed by atoms with Crippen molar-refractivity contribution in [3.05, 3.63) is 63.9 Å². The van der Waals surface area contributed by atoms with Crippen LogP contribution in [-0.2, 0) is 17.4 Å². The Hall–Kier alpha value is -2.27. The molecule has 6 heteroatoms. The van der Waals surface area contributed by atoms with E-state index in [0.717, 1.165) is 30.9 Å². The van der Waals surface area contributed by atoms with E-state index in [0.29, 0.717) is 40.5 Å². The number of aliphatic hydroxyl groups is 1. The molecule has 5 rings (SSSR count). The monoisotopic (exact) mass is 446 g/mol.